The molecule has 5 nitrogen and oxygen atoms in total. The second kappa shape index (κ2) is 9.15. The molecule has 1 saturated heterocycles. The molecule has 1 heterocycles. The molecular weight excluding hydrogens is 240 g/mol. The van der Waals surface area contributed by atoms with Crippen LogP contribution >= 0.6 is 0 Å². The number of oxime groups is 1. The molecule has 0 atom stereocenters. The summed E-state index contributed by atoms with van der Waals surface area (Å²) in [5.41, 5.74) is 5.55. The minimum Gasteiger partial charge on any atom is -0.409 e. The summed E-state index contributed by atoms with van der Waals surface area (Å²) in [5, 5.41) is 11.6. The molecule has 0 aromatic rings. The molecule has 0 aliphatic carbocycles. The lowest BCUT2D eigenvalue weighted by Crippen LogP contribution is -2.34. The molecule has 3 N–H and O–H groups in total. The van der Waals surface area contributed by atoms with E-state index in [1.807, 2.05) is 0 Å². The van der Waals surface area contributed by atoms with Crippen LogP contribution in [-0.4, -0.2) is 60.1 Å². The fraction of sp³-hybridized carbons (Fsp3) is 0.929. The van der Waals surface area contributed by atoms with Gasteiger partial charge >= 0.3 is 0 Å². The maximum absolute atomic E-state index is 8.59. The lowest BCUT2D eigenvalue weighted by Gasteiger charge is -2.25. The summed E-state index contributed by atoms with van der Waals surface area (Å²) in [6.45, 7) is 11.3. The van der Waals surface area contributed by atoms with Crippen LogP contribution in [0, 0.1) is 5.92 Å². The molecule has 19 heavy (non-hydrogen) atoms. The number of nitrogens with two attached hydrogens (primary N) is 1. The van der Waals surface area contributed by atoms with Crippen molar-refractivity contribution in [3.8, 4) is 0 Å². The Balaban J connectivity index is 2.23. The van der Waals surface area contributed by atoms with Gasteiger partial charge in [-0.2, -0.15) is 0 Å². The van der Waals surface area contributed by atoms with Crippen molar-refractivity contribution in [2.45, 2.75) is 39.5 Å². The molecule has 0 bridgehead atoms. The zero-order valence-corrected chi connectivity index (χ0v) is 12.5. The van der Waals surface area contributed by atoms with Gasteiger partial charge in [-0.15, -0.1) is 0 Å². The van der Waals surface area contributed by atoms with Crippen molar-refractivity contribution in [3.05, 3.63) is 0 Å². The topological polar surface area (TPSA) is 65.1 Å². The van der Waals surface area contributed by atoms with Crippen LogP contribution < -0.4 is 5.73 Å². The van der Waals surface area contributed by atoms with Gasteiger partial charge in [0.05, 0.1) is 0 Å². The Morgan fingerprint density at radius 1 is 1.32 bits per heavy atom. The lowest BCUT2D eigenvalue weighted by atomic mass is 10.2. The Morgan fingerprint density at radius 2 is 2.00 bits per heavy atom. The first-order chi connectivity index (χ1) is 9.11. The van der Waals surface area contributed by atoms with Crippen molar-refractivity contribution in [3.63, 3.8) is 0 Å². The van der Waals surface area contributed by atoms with E-state index in [-0.39, 0.29) is 0 Å². The molecule has 5 heteroatoms. The van der Waals surface area contributed by atoms with E-state index in [0.29, 0.717) is 18.2 Å². The van der Waals surface area contributed by atoms with Gasteiger partial charge in [0.1, 0.15) is 5.84 Å². The van der Waals surface area contributed by atoms with Gasteiger partial charge in [-0.1, -0.05) is 19.0 Å². The van der Waals surface area contributed by atoms with Crippen LogP contribution in [0.4, 0.5) is 0 Å². The average Bonchev–Trinajstić information content (AvgIpc) is 2.87. The van der Waals surface area contributed by atoms with Gasteiger partial charge in [0, 0.05) is 19.5 Å². The molecule has 0 radical (unpaired) electrons. The molecular formula is C14H30N4O. The second-order valence-corrected chi connectivity index (χ2v) is 5.94. The highest BCUT2D eigenvalue weighted by atomic mass is 16.4. The fourth-order valence-electron chi connectivity index (χ4n) is 2.66. The molecule has 0 unspecified atom stereocenters. The van der Waals surface area contributed by atoms with E-state index in [9.17, 15) is 0 Å². The Bertz CT molecular complexity index is 262. The summed E-state index contributed by atoms with van der Waals surface area (Å²) >= 11 is 0. The largest absolute Gasteiger partial charge is 0.409 e. The maximum atomic E-state index is 8.59. The van der Waals surface area contributed by atoms with Gasteiger partial charge in [0.2, 0.25) is 0 Å². The van der Waals surface area contributed by atoms with Crippen molar-refractivity contribution < 1.29 is 5.21 Å². The Labute approximate surface area is 117 Å². The SMILES string of the molecule is CC(C)CN(CCCN1CCCC1)CCC(N)=NO. The van der Waals surface area contributed by atoms with Gasteiger partial charge < -0.3 is 20.7 Å². The molecule has 1 aliphatic rings. The quantitative estimate of drug-likeness (QED) is 0.289. The summed E-state index contributed by atoms with van der Waals surface area (Å²) < 4.78 is 0. The van der Waals surface area contributed by atoms with Crippen molar-refractivity contribution in [2.75, 3.05) is 39.3 Å². The van der Waals surface area contributed by atoms with Gasteiger partial charge in [0.15, 0.2) is 0 Å². The second-order valence-electron chi connectivity index (χ2n) is 5.94. The molecule has 0 amide bonds. The maximum Gasteiger partial charge on any atom is 0.140 e. The number of likely N-dealkylation sites (tertiary alicyclic amines) is 1. The molecule has 0 spiro atoms. The number of hydrogen-bond acceptors (Lipinski definition) is 4. The third-order valence-electron chi connectivity index (χ3n) is 3.58. The normalized spacial score (nSPS) is 17.8. The first-order valence-corrected chi connectivity index (χ1v) is 7.53. The highest BCUT2D eigenvalue weighted by molar-refractivity contribution is 5.79. The summed E-state index contributed by atoms with van der Waals surface area (Å²) in [4.78, 5) is 4.98. The van der Waals surface area contributed by atoms with Crippen LogP contribution in [0.3, 0.4) is 0 Å². The fourth-order valence-corrected chi connectivity index (χ4v) is 2.66. The van der Waals surface area contributed by atoms with Crippen molar-refractivity contribution in [1.29, 1.82) is 0 Å². The third kappa shape index (κ3) is 7.38. The van der Waals surface area contributed by atoms with E-state index < -0.39 is 0 Å². The van der Waals surface area contributed by atoms with Gasteiger partial charge in [-0.3, -0.25) is 0 Å². The average molecular weight is 270 g/mol. The van der Waals surface area contributed by atoms with Gasteiger partial charge in [0.25, 0.3) is 0 Å². The van der Waals surface area contributed by atoms with E-state index in [1.54, 1.807) is 0 Å². The van der Waals surface area contributed by atoms with E-state index in [4.69, 9.17) is 10.9 Å². The van der Waals surface area contributed by atoms with Gasteiger partial charge in [-0.05, 0) is 51.4 Å². The zero-order chi connectivity index (χ0) is 14.1. The van der Waals surface area contributed by atoms with Crippen LogP contribution in [0.15, 0.2) is 5.16 Å². The van der Waals surface area contributed by atoms with Crippen LogP contribution in [0.1, 0.15) is 39.5 Å². The minimum absolute atomic E-state index is 0.327. The predicted octanol–water partition coefficient (Wildman–Crippen LogP) is 1.57. The van der Waals surface area contributed by atoms with Crippen LogP contribution in [0.5, 0.6) is 0 Å². The smallest absolute Gasteiger partial charge is 0.140 e. The molecule has 112 valence electrons. The van der Waals surface area contributed by atoms with Crippen LogP contribution in [0.25, 0.3) is 0 Å². The number of nitrogens with zero attached hydrogens (tertiary/aromatic N) is 3. The molecule has 1 rings (SSSR count). The van der Waals surface area contributed by atoms with Crippen molar-refractivity contribution in [1.82, 2.24) is 9.80 Å². The van der Waals surface area contributed by atoms with Crippen molar-refractivity contribution >= 4 is 5.84 Å². The van der Waals surface area contributed by atoms with E-state index in [1.165, 1.54) is 38.9 Å². The van der Waals surface area contributed by atoms with E-state index in [0.717, 1.165) is 19.6 Å². The number of hydrogen-bond donors (Lipinski definition) is 2. The highest BCUT2D eigenvalue weighted by Crippen LogP contribution is 2.08. The highest BCUT2D eigenvalue weighted by Gasteiger charge is 2.12. The first-order valence-electron chi connectivity index (χ1n) is 7.53. The monoisotopic (exact) mass is 270 g/mol. The molecule has 1 fully saturated rings. The van der Waals surface area contributed by atoms with E-state index >= 15 is 0 Å². The Hall–Kier alpha value is -0.810. The van der Waals surface area contributed by atoms with Crippen molar-refractivity contribution in [2.24, 2.45) is 16.8 Å². The Morgan fingerprint density at radius 3 is 2.58 bits per heavy atom. The van der Waals surface area contributed by atoms with Gasteiger partial charge in [-0.25, -0.2) is 0 Å². The summed E-state index contributed by atoms with van der Waals surface area (Å²) in [7, 11) is 0. The molecule has 1 aliphatic heterocycles. The summed E-state index contributed by atoms with van der Waals surface area (Å²) in [6.07, 6.45) is 4.58. The van der Waals surface area contributed by atoms with Crippen LogP contribution in [0.2, 0.25) is 0 Å². The Kier molecular flexibility index (Phi) is 7.82. The first kappa shape index (κ1) is 16.2. The van der Waals surface area contributed by atoms with E-state index in [2.05, 4.69) is 28.8 Å². The van der Waals surface area contributed by atoms with Crippen LogP contribution in [-0.2, 0) is 0 Å². The number of amidine groups is 1. The summed E-state index contributed by atoms with van der Waals surface area (Å²) in [5.74, 6) is 0.979. The third-order valence-corrected chi connectivity index (χ3v) is 3.58. The molecule has 0 aromatic heterocycles. The minimum atomic E-state index is 0.327. The molecule has 0 aromatic carbocycles. The number of rotatable bonds is 9. The predicted molar refractivity (Wildman–Crippen MR) is 79.6 cm³/mol. The summed E-state index contributed by atoms with van der Waals surface area (Å²) in [6, 6.07) is 0. The lowest BCUT2D eigenvalue weighted by molar-refractivity contribution is 0.227. The molecule has 0 saturated carbocycles. The standard InChI is InChI=1S/C14H30N4O/c1-13(2)12-18(11-6-14(15)16-19)10-5-9-17-7-3-4-8-17/h13,19H,3-12H2,1-2H3,(H2,15,16). The zero-order valence-electron chi connectivity index (χ0n) is 12.5.